The standard InChI is InChI=1S/C14H10BrF2NO/c15-8-1-4-13-12(5-8)18-7-14(19-13)10-3-2-9(16)6-11(10)17/h1-6,14,18H,7H2. The maximum atomic E-state index is 13.7. The molecule has 98 valence electrons. The van der Waals surface area contributed by atoms with Gasteiger partial charge in [0.15, 0.2) is 0 Å². The molecule has 1 N–H and O–H groups in total. The van der Waals surface area contributed by atoms with Crippen LogP contribution in [0.2, 0.25) is 0 Å². The number of rotatable bonds is 1. The summed E-state index contributed by atoms with van der Waals surface area (Å²) in [7, 11) is 0. The van der Waals surface area contributed by atoms with Gasteiger partial charge >= 0.3 is 0 Å². The zero-order valence-corrected chi connectivity index (χ0v) is 11.4. The Hall–Kier alpha value is -1.62. The molecule has 0 radical (unpaired) electrons. The minimum atomic E-state index is -0.590. The highest BCUT2D eigenvalue weighted by Gasteiger charge is 2.23. The summed E-state index contributed by atoms with van der Waals surface area (Å²) in [5, 5.41) is 3.18. The van der Waals surface area contributed by atoms with E-state index in [1.165, 1.54) is 12.1 Å². The summed E-state index contributed by atoms with van der Waals surface area (Å²) < 4.78 is 33.3. The predicted molar refractivity (Wildman–Crippen MR) is 72.4 cm³/mol. The fraction of sp³-hybridized carbons (Fsp3) is 0.143. The highest BCUT2D eigenvalue weighted by atomic mass is 79.9. The average molecular weight is 326 g/mol. The first-order valence-electron chi connectivity index (χ1n) is 5.78. The summed E-state index contributed by atoms with van der Waals surface area (Å²) in [6, 6.07) is 9.08. The fourth-order valence-corrected chi connectivity index (χ4v) is 2.44. The third-order valence-electron chi connectivity index (χ3n) is 3.00. The molecule has 19 heavy (non-hydrogen) atoms. The second-order valence-corrected chi connectivity index (χ2v) is 5.21. The minimum absolute atomic E-state index is 0.350. The van der Waals surface area contributed by atoms with Gasteiger partial charge in [-0.05, 0) is 30.3 Å². The largest absolute Gasteiger partial charge is 0.482 e. The molecule has 0 fully saturated rings. The molecule has 5 heteroatoms. The molecule has 1 aliphatic rings. The van der Waals surface area contributed by atoms with Crippen LogP contribution in [0.3, 0.4) is 0 Å². The Kier molecular flexibility index (Phi) is 3.14. The number of hydrogen-bond acceptors (Lipinski definition) is 2. The van der Waals surface area contributed by atoms with Gasteiger partial charge in [0.05, 0.1) is 12.2 Å². The van der Waals surface area contributed by atoms with Gasteiger partial charge in [0.25, 0.3) is 0 Å². The van der Waals surface area contributed by atoms with E-state index in [1.54, 1.807) is 6.07 Å². The first-order valence-corrected chi connectivity index (χ1v) is 6.58. The van der Waals surface area contributed by atoms with Gasteiger partial charge in [-0.15, -0.1) is 0 Å². The Morgan fingerprint density at radius 1 is 1.16 bits per heavy atom. The Labute approximate surface area is 117 Å². The molecule has 3 rings (SSSR count). The van der Waals surface area contributed by atoms with Crippen molar-refractivity contribution < 1.29 is 13.5 Å². The molecule has 0 saturated carbocycles. The number of anilines is 1. The van der Waals surface area contributed by atoms with E-state index in [9.17, 15) is 8.78 Å². The van der Waals surface area contributed by atoms with Crippen molar-refractivity contribution in [2.75, 3.05) is 11.9 Å². The van der Waals surface area contributed by atoms with Gasteiger partial charge in [0.2, 0.25) is 0 Å². The van der Waals surface area contributed by atoms with Crippen LogP contribution in [0.1, 0.15) is 11.7 Å². The van der Waals surface area contributed by atoms with Crippen LogP contribution in [0, 0.1) is 11.6 Å². The smallest absolute Gasteiger partial charge is 0.144 e. The lowest BCUT2D eigenvalue weighted by Crippen LogP contribution is -2.24. The van der Waals surface area contributed by atoms with E-state index in [1.807, 2.05) is 12.1 Å². The molecule has 0 amide bonds. The van der Waals surface area contributed by atoms with Gasteiger partial charge in [-0.3, -0.25) is 0 Å². The molecule has 1 unspecified atom stereocenters. The van der Waals surface area contributed by atoms with Gasteiger partial charge in [0, 0.05) is 16.1 Å². The molecule has 0 aliphatic carbocycles. The Bertz CT molecular complexity index is 633. The maximum Gasteiger partial charge on any atom is 0.144 e. The first kappa shape index (κ1) is 12.4. The average Bonchev–Trinajstić information content (AvgIpc) is 2.38. The number of nitrogens with one attached hydrogen (secondary N) is 1. The summed E-state index contributed by atoms with van der Waals surface area (Å²) in [4.78, 5) is 0. The fourth-order valence-electron chi connectivity index (χ4n) is 2.08. The molecule has 2 aromatic carbocycles. The Balaban J connectivity index is 1.91. The molecule has 0 saturated heterocycles. The van der Waals surface area contributed by atoms with Crippen molar-refractivity contribution >= 4 is 21.6 Å². The second kappa shape index (κ2) is 4.81. The lowest BCUT2D eigenvalue weighted by molar-refractivity contribution is 0.205. The van der Waals surface area contributed by atoms with Gasteiger partial charge in [0.1, 0.15) is 23.5 Å². The molecule has 1 atom stereocenters. The SMILES string of the molecule is Fc1ccc(C2CNc3cc(Br)ccc3O2)c(F)c1. The maximum absolute atomic E-state index is 13.7. The van der Waals surface area contributed by atoms with E-state index in [4.69, 9.17) is 4.74 Å². The topological polar surface area (TPSA) is 21.3 Å². The number of benzene rings is 2. The molecule has 1 aliphatic heterocycles. The van der Waals surface area contributed by atoms with E-state index in [-0.39, 0.29) is 0 Å². The zero-order chi connectivity index (χ0) is 13.4. The van der Waals surface area contributed by atoms with Crippen molar-refractivity contribution in [3.05, 3.63) is 58.1 Å². The van der Waals surface area contributed by atoms with Crippen molar-refractivity contribution in [1.82, 2.24) is 0 Å². The monoisotopic (exact) mass is 325 g/mol. The number of halogens is 3. The highest BCUT2D eigenvalue weighted by molar-refractivity contribution is 9.10. The van der Waals surface area contributed by atoms with Crippen LogP contribution in [-0.4, -0.2) is 6.54 Å². The molecule has 0 bridgehead atoms. The van der Waals surface area contributed by atoms with Gasteiger partial charge in [-0.1, -0.05) is 15.9 Å². The van der Waals surface area contributed by atoms with Crippen LogP contribution in [-0.2, 0) is 0 Å². The normalized spacial score (nSPS) is 17.3. The molecule has 0 spiro atoms. The highest BCUT2D eigenvalue weighted by Crippen LogP contribution is 2.36. The zero-order valence-electron chi connectivity index (χ0n) is 9.79. The van der Waals surface area contributed by atoms with E-state index >= 15 is 0 Å². The molecule has 0 aromatic heterocycles. The lowest BCUT2D eigenvalue weighted by atomic mass is 10.1. The number of hydrogen-bond donors (Lipinski definition) is 1. The molecular formula is C14H10BrF2NO. The number of ether oxygens (including phenoxy) is 1. The molecular weight excluding hydrogens is 316 g/mol. The van der Waals surface area contributed by atoms with Crippen LogP contribution in [0.15, 0.2) is 40.9 Å². The minimum Gasteiger partial charge on any atom is -0.482 e. The van der Waals surface area contributed by atoms with Crippen LogP contribution < -0.4 is 10.1 Å². The summed E-state index contributed by atoms with van der Waals surface area (Å²) in [5.74, 6) is -0.523. The van der Waals surface area contributed by atoms with E-state index in [0.717, 1.165) is 16.2 Å². The van der Waals surface area contributed by atoms with Crippen LogP contribution in [0.25, 0.3) is 0 Å². The first-order chi connectivity index (χ1) is 9.13. The van der Waals surface area contributed by atoms with Crippen molar-refractivity contribution in [3.8, 4) is 5.75 Å². The number of fused-ring (bicyclic) bond motifs is 1. The molecule has 2 nitrogen and oxygen atoms in total. The van der Waals surface area contributed by atoms with E-state index in [0.29, 0.717) is 17.9 Å². The van der Waals surface area contributed by atoms with Gasteiger partial charge in [-0.25, -0.2) is 8.78 Å². The van der Waals surface area contributed by atoms with E-state index in [2.05, 4.69) is 21.2 Å². The van der Waals surface area contributed by atoms with Crippen LogP contribution in [0.4, 0.5) is 14.5 Å². The van der Waals surface area contributed by atoms with Crippen molar-refractivity contribution in [2.24, 2.45) is 0 Å². The quantitative estimate of drug-likeness (QED) is 0.845. The van der Waals surface area contributed by atoms with E-state index < -0.39 is 17.7 Å². The second-order valence-electron chi connectivity index (χ2n) is 4.29. The molecule has 1 heterocycles. The molecule has 2 aromatic rings. The Morgan fingerprint density at radius 3 is 2.79 bits per heavy atom. The van der Waals surface area contributed by atoms with Crippen LogP contribution in [0.5, 0.6) is 5.75 Å². The van der Waals surface area contributed by atoms with Crippen molar-refractivity contribution in [2.45, 2.75) is 6.10 Å². The third-order valence-corrected chi connectivity index (χ3v) is 3.49. The summed E-state index contributed by atoms with van der Waals surface area (Å²) in [6.45, 7) is 0.437. The summed E-state index contributed by atoms with van der Waals surface area (Å²) >= 11 is 3.37. The summed E-state index contributed by atoms with van der Waals surface area (Å²) in [6.07, 6.45) is -0.464. The van der Waals surface area contributed by atoms with Gasteiger partial charge in [-0.2, -0.15) is 0 Å². The third kappa shape index (κ3) is 2.42. The predicted octanol–water partition coefficient (Wildman–Crippen LogP) is 4.27. The van der Waals surface area contributed by atoms with Gasteiger partial charge < -0.3 is 10.1 Å². The summed E-state index contributed by atoms with van der Waals surface area (Å²) in [5.41, 5.74) is 1.20. The van der Waals surface area contributed by atoms with Crippen LogP contribution >= 0.6 is 15.9 Å². The van der Waals surface area contributed by atoms with Crippen molar-refractivity contribution in [1.29, 1.82) is 0 Å². The lowest BCUT2D eigenvalue weighted by Gasteiger charge is -2.28. The Morgan fingerprint density at radius 2 is 2.00 bits per heavy atom. The van der Waals surface area contributed by atoms with Crippen molar-refractivity contribution in [3.63, 3.8) is 0 Å².